The molecule has 0 spiro atoms. The van der Waals surface area contributed by atoms with Gasteiger partial charge in [-0.1, -0.05) is 23.7 Å². The first-order valence-electron chi connectivity index (χ1n) is 6.12. The first-order valence-corrected chi connectivity index (χ1v) is 6.49. The van der Waals surface area contributed by atoms with E-state index in [0.29, 0.717) is 17.3 Å². The highest BCUT2D eigenvalue weighted by Crippen LogP contribution is 2.17. The average Bonchev–Trinajstić information content (AvgIpc) is 2.43. The predicted molar refractivity (Wildman–Crippen MR) is 77.6 cm³/mol. The Labute approximate surface area is 117 Å². The van der Waals surface area contributed by atoms with Crippen molar-refractivity contribution in [3.05, 3.63) is 41.0 Å². The van der Waals surface area contributed by atoms with E-state index in [0.717, 1.165) is 10.9 Å². The highest BCUT2D eigenvalue weighted by atomic mass is 35.5. The quantitative estimate of drug-likeness (QED) is 0.901. The number of carbonyl (C=O) groups excluding carboxylic acids is 1. The number of nitrogens with one attached hydrogen (secondary N) is 2. The molecular weight excluding hydrogens is 262 g/mol. The van der Waals surface area contributed by atoms with Crippen LogP contribution in [0.3, 0.4) is 0 Å². The summed E-state index contributed by atoms with van der Waals surface area (Å²) in [5, 5.41) is 7.46. The third-order valence-corrected chi connectivity index (χ3v) is 3.18. The van der Waals surface area contributed by atoms with E-state index in [1.807, 2.05) is 26.1 Å². The van der Waals surface area contributed by atoms with Crippen molar-refractivity contribution in [3.8, 4) is 0 Å². The number of hydrogen-bond donors (Lipinski definition) is 2. The Balaban J connectivity index is 2.18. The number of aromatic nitrogens is 1. The van der Waals surface area contributed by atoms with E-state index in [1.165, 1.54) is 0 Å². The number of likely N-dealkylation sites (N-methyl/N-ethyl adjacent to an activating group) is 1. The molecule has 1 aromatic carbocycles. The van der Waals surface area contributed by atoms with E-state index in [4.69, 9.17) is 11.6 Å². The molecule has 2 aromatic rings. The highest BCUT2D eigenvalue weighted by Gasteiger charge is 2.09. The zero-order chi connectivity index (χ0) is 13.8. The molecule has 100 valence electrons. The molecular formula is C14H16ClN3O. The van der Waals surface area contributed by atoms with Crippen LogP contribution in [0.5, 0.6) is 0 Å². The van der Waals surface area contributed by atoms with Gasteiger partial charge in [-0.3, -0.25) is 4.79 Å². The second-order valence-corrected chi connectivity index (χ2v) is 4.87. The molecule has 1 atom stereocenters. The fourth-order valence-corrected chi connectivity index (χ4v) is 1.82. The Morgan fingerprint density at radius 3 is 2.84 bits per heavy atom. The SMILES string of the molecule is CNC(C)CNC(=O)c1ccc2ccc(Cl)cc2n1. The van der Waals surface area contributed by atoms with Gasteiger partial charge in [0.2, 0.25) is 0 Å². The summed E-state index contributed by atoms with van der Waals surface area (Å²) in [5.41, 5.74) is 1.12. The van der Waals surface area contributed by atoms with Crippen molar-refractivity contribution in [1.29, 1.82) is 0 Å². The van der Waals surface area contributed by atoms with Crippen LogP contribution in [-0.2, 0) is 0 Å². The molecule has 0 aliphatic heterocycles. The summed E-state index contributed by atoms with van der Waals surface area (Å²) < 4.78 is 0. The lowest BCUT2D eigenvalue weighted by atomic mass is 10.2. The lowest BCUT2D eigenvalue weighted by Crippen LogP contribution is -2.37. The second kappa shape index (κ2) is 5.99. The largest absolute Gasteiger partial charge is 0.349 e. The van der Waals surface area contributed by atoms with Gasteiger partial charge >= 0.3 is 0 Å². The third kappa shape index (κ3) is 3.43. The number of pyridine rings is 1. The molecule has 0 aliphatic carbocycles. The number of carbonyl (C=O) groups is 1. The second-order valence-electron chi connectivity index (χ2n) is 4.43. The molecule has 1 amide bonds. The van der Waals surface area contributed by atoms with Crippen LogP contribution in [0, 0.1) is 0 Å². The van der Waals surface area contributed by atoms with Gasteiger partial charge in [0.05, 0.1) is 5.52 Å². The van der Waals surface area contributed by atoms with E-state index in [2.05, 4.69) is 15.6 Å². The molecule has 0 radical (unpaired) electrons. The van der Waals surface area contributed by atoms with Crippen LogP contribution in [0.15, 0.2) is 30.3 Å². The minimum absolute atomic E-state index is 0.177. The van der Waals surface area contributed by atoms with Crippen molar-refractivity contribution in [1.82, 2.24) is 15.6 Å². The molecule has 1 unspecified atom stereocenters. The summed E-state index contributed by atoms with van der Waals surface area (Å²) in [6.45, 7) is 2.55. The summed E-state index contributed by atoms with van der Waals surface area (Å²) in [6.07, 6.45) is 0. The van der Waals surface area contributed by atoms with Crippen molar-refractivity contribution < 1.29 is 4.79 Å². The van der Waals surface area contributed by atoms with Gasteiger partial charge < -0.3 is 10.6 Å². The lowest BCUT2D eigenvalue weighted by molar-refractivity contribution is 0.0946. The molecule has 5 heteroatoms. The Morgan fingerprint density at radius 2 is 2.11 bits per heavy atom. The summed E-state index contributed by atoms with van der Waals surface area (Å²) in [4.78, 5) is 16.3. The van der Waals surface area contributed by atoms with Gasteiger partial charge in [-0.05, 0) is 32.2 Å². The number of hydrogen-bond acceptors (Lipinski definition) is 3. The molecule has 0 fully saturated rings. The maximum atomic E-state index is 12.0. The number of benzene rings is 1. The number of halogens is 1. The van der Waals surface area contributed by atoms with Crippen LogP contribution in [0.1, 0.15) is 17.4 Å². The van der Waals surface area contributed by atoms with Crippen LogP contribution in [-0.4, -0.2) is 30.5 Å². The Hall–Kier alpha value is -1.65. The van der Waals surface area contributed by atoms with Gasteiger partial charge in [0, 0.05) is 23.0 Å². The molecule has 0 saturated heterocycles. The first kappa shape index (κ1) is 13.8. The van der Waals surface area contributed by atoms with Gasteiger partial charge in [0.1, 0.15) is 5.69 Å². The van der Waals surface area contributed by atoms with E-state index in [1.54, 1.807) is 18.2 Å². The zero-order valence-corrected chi connectivity index (χ0v) is 11.7. The van der Waals surface area contributed by atoms with Crippen LogP contribution in [0.25, 0.3) is 10.9 Å². The molecule has 0 saturated carbocycles. The lowest BCUT2D eigenvalue weighted by Gasteiger charge is -2.11. The summed E-state index contributed by atoms with van der Waals surface area (Å²) in [5.74, 6) is -0.177. The smallest absolute Gasteiger partial charge is 0.269 e. The van der Waals surface area contributed by atoms with E-state index < -0.39 is 0 Å². The maximum absolute atomic E-state index is 12.0. The van der Waals surface area contributed by atoms with Crippen molar-refractivity contribution in [2.75, 3.05) is 13.6 Å². The van der Waals surface area contributed by atoms with Crippen LogP contribution in [0.2, 0.25) is 5.02 Å². The minimum atomic E-state index is -0.177. The first-order chi connectivity index (χ1) is 9.10. The average molecular weight is 278 g/mol. The highest BCUT2D eigenvalue weighted by molar-refractivity contribution is 6.31. The standard InChI is InChI=1S/C14H16ClN3O/c1-9(16-2)8-17-14(19)12-6-4-10-3-5-11(15)7-13(10)18-12/h3-7,9,16H,8H2,1-2H3,(H,17,19). The van der Waals surface area contributed by atoms with E-state index >= 15 is 0 Å². The summed E-state index contributed by atoms with van der Waals surface area (Å²) >= 11 is 5.92. The van der Waals surface area contributed by atoms with E-state index in [-0.39, 0.29) is 11.9 Å². The molecule has 19 heavy (non-hydrogen) atoms. The zero-order valence-electron chi connectivity index (χ0n) is 10.9. The minimum Gasteiger partial charge on any atom is -0.349 e. The van der Waals surface area contributed by atoms with Crippen molar-refractivity contribution in [3.63, 3.8) is 0 Å². The number of fused-ring (bicyclic) bond motifs is 1. The van der Waals surface area contributed by atoms with Crippen molar-refractivity contribution in [2.24, 2.45) is 0 Å². The predicted octanol–water partition coefficient (Wildman–Crippen LogP) is 2.23. The van der Waals surface area contributed by atoms with Crippen molar-refractivity contribution in [2.45, 2.75) is 13.0 Å². The Morgan fingerprint density at radius 1 is 1.37 bits per heavy atom. The molecule has 0 aliphatic rings. The normalized spacial score (nSPS) is 12.4. The Kier molecular flexibility index (Phi) is 4.35. The number of amides is 1. The van der Waals surface area contributed by atoms with Gasteiger partial charge in [-0.25, -0.2) is 4.98 Å². The topological polar surface area (TPSA) is 54.0 Å². The van der Waals surface area contributed by atoms with Crippen LogP contribution < -0.4 is 10.6 Å². The molecule has 2 rings (SSSR count). The van der Waals surface area contributed by atoms with E-state index in [9.17, 15) is 4.79 Å². The molecule has 1 heterocycles. The molecule has 0 bridgehead atoms. The monoisotopic (exact) mass is 277 g/mol. The van der Waals surface area contributed by atoms with Crippen LogP contribution >= 0.6 is 11.6 Å². The third-order valence-electron chi connectivity index (χ3n) is 2.95. The molecule has 2 N–H and O–H groups in total. The van der Waals surface area contributed by atoms with Crippen LogP contribution in [0.4, 0.5) is 0 Å². The molecule has 1 aromatic heterocycles. The summed E-state index contributed by atoms with van der Waals surface area (Å²) in [6, 6.07) is 9.25. The van der Waals surface area contributed by atoms with Gasteiger partial charge in [-0.15, -0.1) is 0 Å². The van der Waals surface area contributed by atoms with Crippen molar-refractivity contribution >= 4 is 28.4 Å². The fourth-order valence-electron chi connectivity index (χ4n) is 1.66. The number of nitrogens with zero attached hydrogens (tertiary/aromatic N) is 1. The summed E-state index contributed by atoms with van der Waals surface area (Å²) in [7, 11) is 1.85. The van der Waals surface area contributed by atoms with Gasteiger partial charge in [0.25, 0.3) is 5.91 Å². The fraction of sp³-hybridized carbons (Fsp3) is 0.286. The number of rotatable bonds is 4. The van der Waals surface area contributed by atoms with Gasteiger partial charge in [0.15, 0.2) is 0 Å². The maximum Gasteiger partial charge on any atom is 0.269 e. The Bertz CT molecular complexity index is 600. The van der Waals surface area contributed by atoms with Gasteiger partial charge in [-0.2, -0.15) is 0 Å². The molecule has 4 nitrogen and oxygen atoms in total.